The molecule has 2 unspecified atom stereocenters. The lowest BCUT2D eigenvalue weighted by molar-refractivity contribution is 0.134. The third kappa shape index (κ3) is 5.11. The van der Waals surface area contributed by atoms with E-state index in [9.17, 15) is 5.11 Å². The maximum absolute atomic E-state index is 10.3. The molecule has 1 aromatic rings. The molecule has 1 aromatic heterocycles. The predicted octanol–water partition coefficient (Wildman–Crippen LogP) is 5.31. The van der Waals surface area contributed by atoms with Gasteiger partial charge in [-0.1, -0.05) is 27.7 Å². The largest absolute Gasteiger partial charge is 0.388 e. The molecule has 0 radical (unpaired) electrons. The second-order valence-electron chi connectivity index (χ2n) is 6.18. The summed E-state index contributed by atoms with van der Waals surface area (Å²) in [7, 11) is 0. The lowest BCUT2D eigenvalue weighted by Crippen LogP contribution is -2.13. The Morgan fingerprint density at radius 1 is 1.41 bits per heavy atom. The molecule has 0 aliphatic heterocycles. The van der Waals surface area contributed by atoms with Crippen LogP contribution in [0.25, 0.3) is 0 Å². The number of halogens is 1. The van der Waals surface area contributed by atoms with Gasteiger partial charge in [0.1, 0.15) is 0 Å². The van der Waals surface area contributed by atoms with Crippen LogP contribution < -0.4 is 0 Å². The molecule has 0 saturated carbocycles. The Kier molecular flexibility index (Phi) is 5.23. The Hall–Kier alpha value is 0.140. The van der Waals surface area contributed by atoms with E-state index in [4.69, 9.17) is 0 Å². The van der Waals surface area contributed by atoms with Crippen molar-refractivity contribution in [2.24, 2.45) is 11.3 Å². The number of rotatable bonds is 4. The third-order valence-electron chi connectivity index (χ3n) is 2.87. The summed E-state index contributed by atoms with van der Waals surface area (Å²) in [5, 5.41) is 10.3. The lowest BCUT2D eigenvalue weighted by atomic mass is 9.82. The number of hydrogen-bond donors (Lipinski definition) is 1. The zero-order chi connectivity index (χ0) is 13.2. The minimum absolute atomic E-state index is 0.324. The van der Waals surface area contributed by atoms with Crippen molar-refractivity contribution in [2.75, 3.05) is 0 Å². The van der Waals surface area contributed by atoms with E-state index < -0.39 is 0 Å². The van der Waals surface area contributed by atoms with Crippen LogP contribution in [0.15, 0.2) is 9.85 Å². The molecule has 0 spiro atoms. The van der Waals surface area contributed by atoms with Crippen LogP contribution in [0.1, 0.15) is 57.1 Å². The minimum atomic E-state index is -0.324. The molecule has 0 aliphatic rings. The molecule has 3 heteroatoms. The molecular weight excluding hydrogens is 296 g/mol. The molecular formula is C14H23BrOS. The van der Waals surface area contributed by atoms with E-state index >= 15 is 0 Å². The fourth-order valence-corrected chi connectivity index (χ4v) is 4.19. The van der Waals surface area contributed by atoms with Crippen LogP contribution in [0.4, 0.5) is 0 Å². The van der Waals surface area contributed by atoms with Gasteiger partial charge in [-0.25, -0.2) is 0 Å². The Morgan fingerprint density at radius 2 is 2.00 bits per heavy atom. The minimum Gasteiger partial charge on any atom is -0.388 e. The van der Waals surface area contributed by atoms with E-state index in [1.807, 2.05) is 0 Å². The number of aliphatic hydroxyl groups excluding tert-OH is 1. The van der Waals surface area contributed by atoms with Crippen LogP contribution in [0, 0.1) is 18.3 Å². The highest BCUT2D eigenvalue weighted by Crippen LogP contribution is 2.35. The fourth-order valence-electron chi connectivity index (χ4n) is 2.43. The molecule has 98 valence electrons. The Balaban J connectivity index is 2.60. The highest BCUT2D eigenvalue weighted by molar-refractivity contribution is 9.11. The average Bonchev–Trinajstić information content (AvgIpc) is 2.41. The van der Waals surface area contributed by atoms with Crippen LogP contribution in [0.3, 0.4) is 0 Å². The van der Waals surface area contributed by atoms with Crippen molar-refractivity contribution in [3.05, 3.63) is 20.3 Å². The molecule has 17 heavy (non-hydrogen) atoms. The van der Waals surface area contributed by atoms with Crippen molar-refractivity contribution in [3.8, 4) is 0 Å². The maximum Gasteiger partial charge on any atom is 0.0803 e. The zero-order valence-electron chi connectivity index (χ0n) is 11.4. The lowest BCUT2D eigenvalue weighted by Gasteiger charge is -2.24. The van der Waals surface area contributed by atoms with Crippen LogP contribution in [0.5, 0.6) is 0 Å². The molecule has 1 N–H and O–H groups in total. The number of thiophene rings is 1. The van der Waals surface area contributed by atoms with E-state index in [-0.39, 0.29) is 6.10 Å². The predicted molar refractivity (Wildman–Crippen MR) is 79.6 cm³/mol. The first-order valence-electron chi connectivity index (χ1n) is 6.13. The van der Waals surface area contributed by atoms with E-state index in [2.05, 4.69) is 56.6 Å². The number of aryl methyl sites for hydroxylation is 1. The SMILES string of the molecule is Cc1sc(Br)cc1C(O)CC(C)CC(C)(C)C. The Labute approximate surface area is 117 Å². The third-order valence-corrected chi connectivity index (χ3v) is 4.44. The first kappa shape index (κ1) is 15.2. The van der Waals surface area contributed by atoms with E-state index in [0.717, 1.165) is 22.2 Å². The van der Waals surface area contributed by atoms with Crippen LogP contribution in [-0.4, -0.2) is 5.11 Å². The summed E-state index contributed by atoms with van der Waals surface area (Å²) in [6.07, 6.45) is 1.67. The summed E-state index contributed by atoms with van der Waals surface area (Å²) in [6, 6.07) is 2.05. The van der Waals surface area contributed by atoms with E-state index in [1.54, 1.807) is 11.3 Å². The Morgan fingerprint density at radius 3 is 2.41 bits per heavy atom. The number of hydrogen-bond acceptors (Lipinski definition) is 2. The van der Waals surface area contributed by atoms with Gasteiger partial charge in [0, 0.05) is 4.88 Å². The monoisotopic (exact) mass is 318 g/mol. The summed E-state index contributed by atoms with van der Waals surface area (Å²) in [4.78, 5) is 1.22. The molecule has 0 bridgehead atoms. The van der Waals surface area contributed by atoms with Gasteiger partial charge in [-0.3, -0.25) is 0 Å². The van der Waals surface area contributed by atoms with Crippen molar-refractivity contribution in [1.82, 2.24) is 0 Å². The molecule has 0 saturated heterocycles. The Bertz CT molecular complexity index is 365. The summed E-state index contributed by atoms with van der Waals surface area (Å²) < 4.78 is 1.10. The van der Waals surface area contributed by atoms with Crippen LogP contribution >= 0.6 is 27.3 Å². The van der Waals surface area contributed by atoms with E-state index in [1.165, 1.54) is 4.88 Å². The van der Waals surface area contributed by atoms with Crippen molar-refractivity contribution < 1.29 is 5.11 Å². The second kappa shape index (κ2) is 5.85. The quantitative estimate of drug-likeness (QED) is 0.797. The average molecular weight is 319 g/mol. The molecule has 0 aromatic carbocycles. The molecule has 1 heterocycles. The van der Waals surface area contributed by atoms with Crippen molar-refractivity contribution in [1.29, 1.82) is 0 Å². The number of aliphatic hydroxyl groups is 1. The molecule has 0 amide bonds. The van der Waals surface area contributed by atoms with Gasteiger partial charge < -0.3 is 5.11 Å². The smallest absolute Gasteiger partial charge is 0.0803 e. The maximum atomic E-state index is 10.3. The first-order chi connectivity index (χ1) is 7.69. The van der Waals surface area contributed by atoms with Gasteiger partial charge in [0.2, 0.25) is 0 Å². The molecule has 2 atom stereocenters. The molecule has 1 nitrogen and oxygen atoms in total. The summed E-state index contributed by atoms with van der Waals surface area (Å²) >= 11 is 5.17. The van der Waals surface area contributed by atoms with Gasteiger partial charge >= 0.3 is 0 Å². The molecule has 1 rings (SSSR count). The van der Waals surface area contributed by atoms with Crippen molar-refractivity contribution in [3.63, 3.8) is 0 Å². The summed E-state index contributed by atoms with van der Waals surface area (Å²) in [6.45, 7) is 11.1. The van der Waals surface area contributed by atoms with Gasteiger partial charge in [-0.15, -0.1) is 11.3 Å². The summed E-state index contributed by atoms with van der Waals surface area (Å²) in [5.74, 6) is 0.545. The standard InChI is InChI=1S/C14H23BrOS/c1-9(8-14(3,4)5)6-12(16)11-7-13(15)17-10(11)2/h7,9,12,16H,6,8H2,1-5H3. The van der Waals surface area contributed by atoms with Crippen molar-refractivity contribution in [2.45, 2.75) is 53.6 Å². The first-order valence-corrected chi connectivity index (χ1v) is 7.74. The normalized spacial score (nSPS) is 15.9. The van der Waals surface area contributed by atoms with Crippen molar-refractivity contribution >= 4 is 27.3 Å². The van der Waals surface area contributed by atoms with Gasteiger partial charge in [-0.05, 0) is 58.7 Å². The van der Waals surface area contributed by atoms with Crippen LogP contribution in [0.2, 0.25) is 0 Å². The highest BCUT2D eigenvalue weighted by atomic mass is 79.9. The fraction of sp³-hybridized carbons (Fsp3) is 0.714. The second-order valence-corrected chi connectivity index (χ2v) is 8.82. The molecule has 0 fully saturated rings. The van der Waals surface area contributed by atoms with Gasteiger partial charge in [0.25, 0.3) is 0 Å². The van der Waals surface area contributed by atoms with Gasteiger partial charge in [0.15, 0.2) is 0 Å². The summed E-state index contributed by atoms with van der Waals surface area (Å²) in [5.41, 5.74) is 1.42. The highest BCUT2D eigenvalue weighted by Gasteiger charge is 2.20. The zero-order valence-corrected chi connectivity index (χ0v) is 13.8. The van der Waals surface area contributed by atoms with E-state index in [0.29, 0.717) is 11.3 Å². The molecule has 0 aliphatic carbocycles. The van der Waals surface area contributed by atoms with Gasteiger partial charge in [-0.2, -0.15) is 0 Å². The van der Waals surface area contributed by atoms with Crippen LogP contribution in [-0.2, 0) is 0 Å². The topological polar surface area (TPSA) is 20.2 Å². The van der Waals surface area contributed by atoms with Gasteiger partial charge in [0.05, 0.1) is 9.89 Å².